The lowest BCUT2D eigenvalue weighted by atomic mass is 9.76. The van der Waals surface area contributed by atoms with Crippen LogP contribution in [0.5, 0.6) is 0 Å². The molecule has 0 aromatic heterocycles. The van der Waals surface area contributed by atoms with E-state index in [0.29, 0.717) is 17.2 Å². The van der Waals surface area contributed by atoms with Crippen molar-refractivity contribution < 1.29 is 4.79 Å². The molecular weight excluding hydrogens is 420 g/mol. The van der Waals surface area contributed by atoms with E-state index in [1.807, 2.05) is 38.2 Å². The predicted octanol–water partition coefficient (Wildman–Crippen LogP) is 5.55. The van der Waals surface area contributed by atoms with Crippen molar-refractivity contribution in [3.05, 3.63) is 99.4 Å². The number of hydrogen-bond acceptors (Lipinski definition) is 3. The van der Waals surface area contributed by atoms with Gasteiger partial charge in [-0.25, -0.2) is 0 Å². The summed E-state index contributed by atoms with van der Waals surface area (Å²) in [6, 6.07) is 14.4. The highest BCUT2D eigenvalue weighted by molar-refractivity contribution is 6.08. The van der Waals surface area contributed by atoms with Gasteiger partial charge in [0.2, 0.25) is 0 Å². The number of anilines is 1. The number of hydrogen-bond donors (Lipinski definition) is 4. The van der Waals surface area contributed by atoms with Crippen molar-refractivity contribution in [1.82, 2.24) is 10.6 Å². The largest absolute Gasteiger partial charge is 0.388 e. The topological polar surface area (TPSA) is 77.0 Å². The first-order valence-corrected chi connectivity index (χ1v) is 12.1. The highest BCUT2D eigenvalue weighted by Crippen LogP contribution is 2.42. The summed E-state index contributed by atoms with van der Waals surface area (Å²) in [7, 11) is 1.84. The minimum absolute atomic E-state index is 0.119. The molecule has 4 rings (SSSR count). The number of para-hydroxylation sites is 1. The van der Waals surface area contributed by atoms with Crippen LogP contribution in [0.15, 0.2) is 77.2 Å². The monoisotopic (exact) mass is 454 g/mol. The second-order valence-electron chi connectivity index (χ2n) is 9.05. The van der Waals surface area contributed by atoms with Gasteiger partial charge < -0.3 is 16.0 Å². The number of amides is 1. The Morgan fingerprint density at radius 3 is 2.59 bits per heavy atom. The Morgan fingerprint density at radius 2 is 1.88 bits per heavy atom. The fourth-order valence-electron chi connectivity index (χ4n) is 5.00. The fraction of sp³-hybridized carbons (Fsp3) is 0.310. The highest BCUT2D eigenvalue weighted by atomic mass is 16.2. The first kappa shape index (κ1) is 23.6. The normalized spacial score (nSPS) is 20.7. The number of aryl methyl sites for hydroxylation is 2. The molecule has 34 heavy (non-hydrogen) atoms. The lowest BCUT2D eigenvalue weighted by molar-refractivity contribution is -0.115. The third kappa shape index (κ3) is 4.30. The summed E-state index contributed by atoms with van der Waals surface area (Å²) in [4.78, 5) is 13.1. The Kier molecular flexibility index (Phi) is 6.73. The van der Waals surface area contributed by atoms with Crippen molar-refractivity contribution in [3.63, 3.8) is 0 Å². The summed E-state index contributed by atoms with van der Waals surface area (Å²) in [6.45, 7) is 8.42. The van der Waals surface area contributed by atoms with E-state index in [1.54, 1.807) is 0 Å². The maximum absolute atomic E-state index is 13.1. The van der Waals surface area contributed by atoms with Crippen LogP contribution in [0.4, 0.5) is 5.69 Å². The minimum Gasteiger partial charge on any atom is -0.388 e. The molecule has 5 heteroatoms. The standard InChI is InChI=1S/C29H34N4O/c1-6-19-13-12-17(3)22(14-19)23-16-24-26(15-20(23)7-2)33-29(34)27(24)18(4)32-28(30)21-10-8-9-11-25(21)31-5/h8-16,20,23,31H,6-7H2,1-5H3,(H2,30,32)(H,33,34)/b27-18-. The summed E-state index contributed by atoms with van der Waals surface area (Å²) >= 11 is 0. The van der Waals surface area contributed by atoms with Gasteiger partial charge in [0.15, 0.2) is 0 Å². The number of nitrogens with one attached hydrogen (secondary N) is 4. The lowest BCUT2D eigenvalue weighted by Gasteiger charge is -2.28. The van der Waals surface area contributed by atoms with Gasteiger partial charge in [-0.1, -0.05) is 56.3 Å². The quantitative estimate of drug-likeness (QED) is 0.262. The van der Waals surface area contributed by atoms with Crippen molar-refractivity contribution in [2.75, 3.05) is 12.4 Å². The molecular formula is C29H34N4O. The van der Waals surface area contributed by atoms with Gasteiger partial charge in [-0.2, -0.15) is 0 Å². The molecule has 0 saturated carbocycles. The minimum atomic E-state index is -0.119. The zero-order valence-corrected chi connectivity index (χ0v) is 20.7. The third-order valence-corrected chi connectivity index (χ3v) is 6.96. The summed E-state index contributed by atoms with van der Waals surface area (Å²) in [5, 5.41) is 18.0. The Labute approximate surface area is 202 Å². The zero-order chi connectivity index (χ0) is 24.4. The van der Waals surface area contributed by atoms with Crippen LogP contribution in [0, 0.1) is 18.3 Å². The van der Waals surface area contributed by atoms with Crippen molar-refractivity contribution in [2.24, 2.45) is 5.92 Å². The number of rotatable bonds is 6. The van der Waals surface area contributed by atoms with E-state index in [-0.39, 0.29) is 17.7 Å². The molecule has 2 aromatic rings. The van der Waals surface area contributed by atoms with Crippen molar-refractivity contribution >= 4 is 17.4 Å². The van der Waals surface area contributed by atoms with Crippen molar-refractivity contribution in [1.29, 1.82) is 5.41 Å². The fourth-order valence-corrected chi connectivity index (χ4v) is 5.00. The summed E-state index contributed by atoms with van der Waals surface area (Å²) in [5.41, 5.74) is 8.66. The molecule has 2 aromatic carbocycles. The smallest absolute Gasteiger partial charge is 0.258 e. The van der Waals surface area contributed by atoms with Crippen LogP contribution in [0.2, 0.25) is 0 Å². The number of carbonyl (C=O) groups excluding carboxylic acids is 1. The zero-order valence-electron chi connectivity index (χ0n) is 20.7. The molecule has 5 nitrogen and oxygen atoms in total. The van der Waals surface area contributed by atoms with Crippen LogP contribution < -0.4 is 16.0 Å². The highest BCUT2D eigenvalue weighted by Gasteiger charge is 2.35. The van der Waals surface area contributed by atoms with Gasteiger partial charge in [0.25, 0.3) is 5.91 Å². The van der Waals surface area contributed by atoms with Crippen LogP contribution in [0.1, 0.15) is 55.4 Å². The van der Waals surface area contributed by atoms with Gasteiger partial charge in [-0.15, -0.1) is 0 Å². The first-order valence-electron chi connectivity index (χ1n) is 12.1. The molecule has 1 saturated heterocycles. The maximum Gasteiger partial charge on any atom is 0.258 e. The van der Waals surface area contributed by atoms with Crippen LogP contribution in [-0.2, 0) is 11.2 Å². The molecule has 1 heterocycles. The number of carbonyl (C=O) groups is 1. The van der Waals surface area contributed by atoms with Gasteiger partial charge in [-0.3, -0.25) is 10.2 Å². The summed E-state index contributed by atoms with van der Waals surface area (Å²) < 4.78 is 0. The molecule has 1 aliphatic heterocycles. The molecule has 4 N–H and O–H groups in total. The van der Waals surface area contributed by atoms with Crippen LogP contribution in [0.25, 0.3) is 0 Å². The Bertz CT molecular complexity index is 1230. The second kappa shape index (κ2) is 9.72. The predicted molar refractivity (Wildman–Crippen MR) is 140 cm³/mol. The van der Waals surface area contributed by atoms with Crippen molar-refractivity contribution in [2.45, 2.75) is 46.5 Å². The van der Waals surface area contributed by atoms with Gasteiger partial charge >= 0.3 is 0 Å². The first-order chi connectivity index (χ1) is 16.4. The summed E-state index contributed by atoms with van der Waals surface area (Å²) in [6.07, 6.45) is 6.47. The van der Waals surface area contributed by atoms with Crippen LogP contribution >= 0.6 is 0 Å². The Hall–Kier alpha value is -3.60. The molecule has 2 unspecified atom stereocenters. The number of allylic oxidation sites excluding steroid dienone is 4. The van der Waals surface area contributed by atoms with E-state index in [9.17, 15) is 4.79 Å². The molecule has 1 amide bonds. The van der Waals surface area contributed by atoms with Crippen LogP contribution in [0.3, 0.4) is 0 Å². The van der Waals surface area contributed by atoms with E-state index >= 15 is 0 Å². The van der Waals surface area contributed by atoms with Crippen molar-refractivity contribution in [3.8, 4) is 0 Å². The Morgan fingerprint density at radius 1 is 1.12 bits per heavy atom. The molecule has 1 aliphatic carbocycles. The van der Waals surface area contributed by atoms with E-state index in [0.717, 1.165) is 35.4 Å². The molecule has 176 valence electrons. The molecule has 1 fully saturated rings. The average Bonchev–Trinajstić information content (AvgIpc) is 3.17. The molecule has 2 aliphatic rings. The lowest BCUT2D eigenvalue weighted by Crippen LogP contribution is -2.25. The van der Waals surface area contributed by atoms with E-state index in [1.165, 1.54) is 16.7 Å². The second-order valence-corrected chi connectivity index (χ2v) is 9.05. The maximum atomic E-state index is 13.1. The number of amidine groups is 1. The molecule has 0 spiro atoms. The average molecular weight is 455 g/mol. The van der Waals surface area contributed by atoms with Gasteiger partial charge in [0.1, 0.15) is 5.84 Å². The Balaban J connectivity index is 1.74. The van der Waals surface area contributed by atoms with Gasteiger partial charge in [0, 0.05) is 41.2 Å². The SMILES string of the molecule is CCc1ccc(C)c(C2C=C3C(=CC2CC)NC(=O)/C3=C(/C)NC(=N)c2ccccc2NC)c1. The summed E-state index contributed by atoms with van der Waals surface area (Å²) in [5.74, 6) is 0.659. The van der Waals surface area contributed by atoms with Gasteiger partial charge in [-0.05, 0) is 61.4 Å². The van der Waals surface area contributed by atoms with E-state index in [4.69, 9.17) is 5.41 Å². The molecule has 0 bridgehead atoms. The number of fused-ring (bicyclic) bond motifs is 1. The van der Waals surface area contributed by atoms with Crippen LogP contribution in [-0.4, -0.2) is 18.8 Å². The molecule has 0 radical (unpaired) electrons. The number of benzene rings is 2. The molecule has 2 atom stereocenters. The van der Waals surface area contributed by atoms with E-state index in [2.05, 4.69) is 67.1 Å². The third-order valence-electron chi connectivity index (χ3n) is 6.96. The van der Waals surface area contributed by atoms with Gasteiger partial charge in [0.05, 0.1) is 5.57 Å². The van der Waals surface area contributed by atoms with E-state index < -0.39 is 0 Å².